The van der Waals surface area contributed by atoms with Crippen molar-refractivity contribution < 1.29 is 9.53 Å². The molecule has 1 amide bonds. The van der Waals surface area contributed by atoms with Crippen molar-refractivity contribution in [2.24, 2.45) is 0 Å². The van der Waals surface area contributed by atoms with Gasteiger partial charge in [0.25, 0.3) is 5.91 Å². The van der Waals surface area contributed by atoms with Gasteiger partial charge in [-0.2, -0.15) is 5.10 Å². The molecule has 38 heavy (non-hydrogen) atoms. The van der Waals surface area contributed by atoms with Crippen LogP contribution in [0.15, 0.2) is 61.2 Å². The van der Waals surface area contributed by atoms with Crippen LogP contribution in [0.2, 0.25) is 0 Å². The number of fused-ring (bicyclic) bond motifs is 1. The molecule has 2 N–H and O–H groups in total. The van der Waals surface area contributed by atoms with Crippen LogP contribution >= 0.6 is 11.3 Å². The third-order valence-electron chi connectivity index (χ3n) is 6.88. The highest BCUT2D eigenvalue weighted by atomic mass is 32.1. The van der Waals surface area contributed by atoms with Crippen LogP contribution in [0, 0.1) is 0 Å². The van der Waals surface area contributed by atoms with Crippen LogP contribution in [0.5, 0.6) is 0 Å². The molecule has 4 heterocycles. The average Bonchev–Trinajstić information content (AvgIpc) is 3.55. The van der Waals surface area contributed by atoms with E-state index in [-0.39, 0.29) is 17.5 Å². The Morgan fingerprint density at radius 2 is 2.03 bits per heavy atom. The third kappa shape index (κ3) is 5.41. The molecule has 2 aliphatic heterocycles. The molecular formula is C28H31N7O2S. The summed E-state index contributed by atoms with van der Waals surface area (Å²) in [6, 6.07) is 17.0. The highest BCUT2D eigenvalue weighted by Crippen LogP contribution is 2.34. The van der Waals surface area contributed by atoms with E-state index in [0.29, 0.717) is 19.8 Å². The molecule has 1 atom stereocenters. The summed E-state index contributed by atoms with van der Waals surface area (Å²) in [6.07, 6.45) is 4.84. The number of aromatic nitrogens is 4. The maximum atomic E-state index is 12.6. The lowest BCUT2D eigenvalue weighted by atomic mass is 9.94. The Bertz CT molecular complexity index is 1420. The molecular weight excluding hydrogens is 498 g/mol. The predicted octanol–water partition coefficient (Wildman–Crippen LogP) is 4.04. The molecule has 0 spiro atoms. The smallest absolute Gasteiger partial charge is 0.263 e. The second kappa shape index (κ2) is 10.2. The number of carbonyl (C=O) groups is 1. The van der Waals surface area contributed by atoms with E-state index in [0.717, 1.165) is 52.0 Å². The second-order valence-electron chi connectivity index (χ2n) is 10.5. The van der Waals surface area contributed by atoms with Crippen LogP contribution in [-0.2, 0) is 24.1 Å². The summed E-state index contributed by atoms with van der Waals surface area (Å²) >= 11 is 1.50. The van der Waals surface area contributed by atoms with E-state index in [2.05, 4.69) is 74.1 Å². The molecule has 1 unspecified atom stereocenters. The molecule has 0 saturated carbocycles. The number of nitrogens with zero attached hydrogens (tertiary/aromatic N) is 5. The molecule has 0 radical (unpaired) electrons. The normalized spacial score (nSPS) is 18.6. The van der Waals surface area contributed by atoms with Crippen LogP contribution in [0.4, 0.5) is 16.5 Å². The highest BCUT2D eigenvalue weighted by molar-refractivity contribution is 7.17. The first-order valence-corrected chi connectivity index (χ1v) is 13.7. The number of amides is 1. The second-order valence-corrected chi connectivity index (χ2v) is 11.5. The van der Waals surface area contributed by atoms with Crippen LogP contribution in [0.1, 0.15) is 40.3 Å². The number of thiazole rings is 1. The molecule has 0 aliphatic carbocycles. The maximum Gasteiger partial charge on any atom is 0.263 e. The van der Waals surface area contributed by atoms with Gasteiger partial charge in [-0.3, -0.25) is 4.79 Å². The number of ether oxygens (including phenoxy) is 1. The number of anilines is 3. The van der Waals surface area contributed by atoms with E-state index in [1.54, 1.807) is 17.3 Å². The molecule has 2 aliphatic rings. The number of hydrogen-bond acceptors (Lipinski definition) is 8. The summed E-state index contributed by atoms with van der Waals surface area (Å²) in [7, 11) is 0. The SMILES string of the molecule is CC1(C)Cc2nc(N3CCOCC3Cc3cccc(Nc4ccc(Cn5cncn5)cc4)c3)sc2C(=O)N1. The minimum atomic E-state index is -0.273. The number of nitrogens with one attached hydrogen (secondary N) is 2. The Labute approximate surface area is 225 Å². The topological polar surface area (TPSA) is 97.2 Å². The molecule has 196 valence electrons. The van der Waals surface area contributed by atoms with Gasteiger partial charge in [0.15, 0.2) is 5.13 Å². The minimum Gasteiger partial charge on any atom is -0.377 e. The van der Waals surface area contributed by atoms with Gasteiger partial charge in [0.1, 0.15) is 17.5 Å². The van der Waals surface area contributed by atoms with Crippen LogP contribution in [-0.4, -0.2) is 57.0 Å². The van der Waals surface area contributed by atoms with Crippen LogP contribution in [0.25, 0.3) is 0 Å². The zero-order chi connectivity index (χ0) is 26.1. The lowest BCUT2D eigenvalue weighted by Crippen LogP contribution is -2.48. The molecule has 1 fully saturated rings. The zero-order valence-electron chi connectivity index (χ0n) is 21.6. The van der Waals surface area contributed by atoms with E-state index in [1.807, 2.05) is 13.8 Å². The summed E-state index contributed by atoms with van der Waals surface area (Å²) < 4.78 is 7.67. The summed E-state index contributed by atoms with van der Waals surface area (Å²) in [5.74, 6) is -0.0185. The maximum absolute atomic E-state index is 12.6. The highest BCUT2D eigenvalue weighted by Gasteiger charge is 2.35. The third-order valence-corrected chi connectivity index (χ3v) is 8.01. The quantitative estimate of drug-likeness (QED) is 0.373. The van der Waals surface area contributed by atoms with Gasteiger partial charge >= 0.3 is 0 Å². The van der Waals surface area contributed by atoms with Crippen LogP contribution in [0.3, 0.4) is 0 Å². The Morgan fingerprint density at radius 1 is 1.16 bits per heavy atom. The summed E-state index contributed by atoms with van der Waals surface area (Å²) in [5.41, 5.74) is 5.09. The molecule has 2 aromatic heterocycles. The summed E-state index contributed by atoms with van der Waals surface area (Å²) in [4.78, 5) is 24.6. The van der Waals surface area contributed by atoms with Crippen molar-refractivity contribution >= 4 is 33.8 Å². The van der Waals surface area contributed by atoms with Gasteiger partial charge in [0.05, 0.1) is 31.5 Å². The van der Waals surface area contributed by atoms with Gasteiger partial charge in [-0.1, -0.05) is 35.6 Å². The molecule has 9 nitrogen and oxygen atoms in total. The first-order chi connectivity index (χ1) is 18.4. The van der Waals surface area contributed by atoms with Gasteiger partial charge in [-0.15, -0.1) is 0 Å². The van der Waals surface area contributed by atoms with Crippen molar-refractivity contribution in [3.05, 3.63) is 82.9 Å². The Morgan fingerprint density at radius 3 is 2.84 bits per heavy atom. The van der Waals surface area contributed by atoms with Gasteiger partial charge in [-0.05, 0) is 55.7 Å². The van der Waals surface area contributed by atoms with Crippen molar-refractivity contribution in [2.75, 3.05) is 30.0 Å². The van der Waals surface area contributed by atoms with Gasteiger partial charge in [0, 0.05) is 29.9 Å². The first-order valence-electron chi connectivity index (χ1n) is 12.9. The number of rotatable bonds is 7. The van der Waals surface area contributed by atoms with Crippen molar-refractivity contribution in [3.63, 3.8) is 0 Å². The van der Waals surface area contributed by atoms with E-state index in [4.69, 9.17) is 9.72 Å². The van der Waals surface area contributed by atoms with Crippen molar-refractivity contribution in [1.29, 1.82) is 0 Å². The fourth-order valence-corrected chi connectivity index (χ4v) is 6.15. The van der Waals surface area contributed by atoms with E-state index >= 15 is 0 Å². The minimum absolute atomic E-state index is 0.0185. The summed E-state index contributed by atoms with van der Waals surface area (Å²) in [5, 5.41) is 11.7. The largest absolute Gasteiger partial charge is 0.377 e. The molecule has 10 heteroatoms. The molecule has 6 rings (SSSR count). The predicted molar refractivity (Wildman–Crippen MR) is 148 cm³/mol. The average molecular weight is 530 g/mol. The fourth-order valence-electron chi connectivity index (χ4n) is 5.07. The Balaban J connectivity index is 1.14. The van der Waals surface area contributed by atoms with E-state index in [9.17, 15) is 4.79 Å². The number of carbonyl (C=O) groups excluding carboxylic acids is 1. The van der Waals surface area contributed by atoms with E-state index < -0.39 is 0 Å². The van der Waals surface area contributed by atoms with E-state index in [1.165, 1.54) is 16.9 Å². The Hall–Kier alpha value is -3.76. The lowest BCUT2D eigenvalue weighted by molar-refractivity contribution is 0.0900. The number of morpholine rings is 1. The molecule has 0 bridgehead atoms. The van der Waals surface area contributed by atoms with Crippen LogP contribution < -0.4 is 15.5 Å². The van der Waals surface area contributed by atoms with Gasteiger partial charge < -0.3 is 20.3 Å². The van der Waals surface area contributed by atoms with Crippen molar-refractivity contribution in [3.8, 4) is 0 Å². The fraction of sp³-hybridized carbons (Fsp3) is 0.357. The van der Waals surface area contributed by atoms with Gasteiger partial charge in [0.2, 0.25) is 0 Å². The molecule has 4 aromatic rings. The lowest BCUT2D eigenvalue weighted by Gasteiger charge is -2.35. The van der Waals surface area contributed by atoms with Crippen molar-refractivity contribution in [1.82, 2.24) is 25.1 Å². The van der Waals surface area contributed by atoms with Crippen molar-refractivity contribution in [2.45, 2.75) is 44.8 Å². The summed E-state index contributed by atoms with van der Waals surface area (Å²) in [6.45, 7) is 6.83. The molecule has 1 saturated heterocycles. The zero-order valence-corrected chi connectivity index (χ0v) is 22.4. The van der Waals surface area contributed by atoms with Gasteiger partial charge in [-0.25, -0.2) is 14.6 Å². The number of benzene rings is 2. The molecule has 2 aromatic carbocycles. The Kier molecular flexibility index (Phi) is 6.59. The number of hydrogen-bond donors (Lipinski definition) is 2. The standard InChI is InChI=1S/C28H31N7O2S/c1-28(2)14-24-25(26(36)33-28)38-27(32-24)35-10-11-37-16-23(35)13-20-4-3-5-22(12-20)31-21-8-6-19(7-9-21)15-34-18-29-17-30-34/h3-9,12,17-18,23,31H,10-11,13-16H2,1-2H3,(H,33,36). The monoisotopic (exact) mass is 529 g/mol. The first kappa shape index (κ1) is 24.6.